The third kappa shape index (κ3) is 4.37. The maximum Gasteiger partial charge on any atom is 0.166 e. The molecule has 4 nitrogen and oxygen atoms in total. The average Bonchev–Trinajstić information content (AvgIpc) is 3.44. The van der Waals surface area contributed by atoms with Crippen LogP contribution in [0.2, 0.25) is 0 Å². The van der Waals surface area contributed by atoms with Crippen LogP contribution >= 0.6 is 0 Å². The van der Waals surface area contributed by atoms with Crippen LogP contribution in [0.1, 0.15) is 0 Å². The van der Waals surface area contributed by atoms with Gasteiger partial charge in [-0.2, -0.15) is 0 Å². The highest BCUT2D eigenvalue weighted by Crippen LogP contribution is 2.42. The van der Waals surface area contributed by atoms with E-state index >= 15 is 0 Å². The minimum Gasteiger partial charge on any atom is -0.308 e. The summed E-state index contributed by atoms with van der Waals surface area (Å²) < 4.78 is 2.35. The van der Waals surface area contributed by atoms with Crippen molar-refractivity contribution >= 4 is 21.8 Å². The molecule has 43 heavy (non-hydrogen) atoms. The van der Waals surface area contributed by atoms with Gasteiger partial charge in [0.25, 0.3) is 0 Å². The molecule has 0 saturated heterocycles. The molecule has 0 saturated carbocycles. The lowest BCUT2D eigenvalue weighted by molar-refractivity contribution is 1.07. The summed E-state index contributed by atoms with van der Waals surface area (Å²) in [6, 6.07) is 54.4. The summed E-state index contributed by atoms with van der Waals surface area (Å²) in [5, 5.41) is 2.36. The number of fused-ring (bicyclic) bond motifs is 3. The second-order valence-electron chi connectivity index (χ2n) is 10.5. The first-order valence-corrected chi connectivity index (χ1v) is 14.4. The van der Waals surface area contributed by atoms with Crippen LogP contribution in [0.25, 0.3) is 72.8 Å². The standard InChI is InChI=1S/C39H26N4/c1-5-15-27(16-6-1)31-23-14-26-34-35(31)32-24-13-25-33(36(32)43(34)30-21-11-4-12-22-30)39-41-37(28-17-7-2-8-18-28)40-38(42-39)29-19-9-3-10-20-29/h1-26H. The summed E-state index contributed by atoms with van der Waals surface area (Å²) in [6.45, 7) is 0. The van der Waals surface area contributed by atoms with Gasteiger partial charge >= 0.3 is 0 Å². The molecule has 0 N–H and O–H groups in total. The highest BCUT2D eigenvalue weighted by Gasteiger charge is 2.21. The zero-order valence-corrected chi connectivity index (χ0v) is 23.3. The van der Waals surface area contributed by atoms with Crippen LogP contribution in [0.4, 0.5) is 0 Å². The lowest BCUT2D eigenvalue weighted by Crippen LogP contribution is -2.02. The monoisotopic (exact) mass is 550 g/mol. The lowest BCUT2D eigenvalue weighted by atomic mass is 9.99. The minimum absolute atomic E-state index is 0.638. The summed E-state index contributed by atoms with van der Waals surface area (Å²) in [6.07, 6.45) is 0. The van der Waals surface area contributed by atoms with E-state index in [-0.39, 0.29) is 0 Å². The Morgan fingerprint density at radius 2 is 0.860 bits per heavy atom. The number of aromatic nitrogens is 4. The van der Waals surface area contributed by atoms with E-state index in [4.69, 9.17) is 15.0 Å². The summed E-state index contributed by atoms with van der Waals surface area (Å²) in [7, 11) is 0. The summed E-state index contributed by atoms with van der Waals surface area (Å²) in [5.74, 6) is 1.93. The van der Waals surface area contributed by atoms with Crippen molar-refractivity contribution in [1.29, 1.82) is 0 Å². The SMILES string of the molecule is c1ccc(-c2nc(-c3ccccc3)nc(-c3cccc4c5c(-c6ccccc6)cccc5n(-c5ccccc5)c34)n2)cc1. The largest absolute Gasteiger partial charge is 0.308 e. The molecule has 0 aliphatic rings. The molecular formula is C39H26N4. The molecule has 0 aliphatic heterocycles. The maximum absolute atomic E-state index is 5.10. The Balaban J connectivity index is 1.48. The zero-order chi connectivity index (χ0) is 28.6. The maximum atomic E-state index is 5.10. The molecule has 0 atom stereocenters. The van der Waals surface area contributed by atoms with E-state index in [0.717, 1.165) is 38.8 Å². The molecule has 0 unspecified atom stereocenters. The van der Waals surface area contributed by atoms with Crippen molar-refractivity contribution in [2.75, 3.05) is 0 Å². The predicted molar refractivity (Wildman–Crippen MR) is 176 cm³/mol. The molecule has 8 rings (SSSR count). The molecule has 2 heterocycles. The molecule has 0 aliphatic carbocycles. The van der Waals surface area contributed by atoms with Crippen molar-refractivity contribution in [2.24, 2.45) is 0 Å². The van der Waals surface area contributed by atoms with E-state index in [0.29, 0.717) is 17.5 Å². The van der Waals surface area contributed by atoms with Gasteiger partial charge in [0.15, 0.2) is 17.5 Å². The average molecular weight is 551 g/mol. The third-order valence-electron chi connectivity index (χ3n) is 7.85. The predicted octanol–water partition coefficient (Wildman–Crippen LogP) is 9.64. The fraction of sp³-hybridized carbons (Fsp3) is 0. The molecule has 0 amide bonds. The Labute approximate surface area is 249 Å². The van der Waals surface area contributed by atoms with Gasteiger partial charge in [0, 0.05) is 33.2 Å². The van der Waals surface area contributed by atoms with Crippen LogP contribution in [-0.2, 0) is 0 Å². The Hall–Kier alpha value is -5.87. The number of nitrogens with zero attached hydrogens (tertiary/aromatic N) is 4. The Morgan fingerprint density at radius 3 is 1.47 bits per heavy atom. The van der Waals surface area contributed by atoms with Gasteiger partial charge in [0.1, 0.15) is 0 Å². The normalized spacial score (nSPS) is 11.3. The Kier molecular flexibility index (Phi) is 6.08. The topological polar surface area (TPSA) is 43.6 Å². The summed E-state index contributed by atoms with van der Waals surface area (Å²) in [4.78, 5) is 15.1. The number of rotatable bonds is 5. The van der Waals surface area contributed by atoms with Crippen molar-refractivity contribution in [3.8, 4) is 51.0 Å². The highest BCUT2D eigenvalue weighted by molar-refractivity contribution is 6.18. The molecule has 8 aromatic rings. The molecule has 202 valence electrons. The molecule has 0 bridgehead atoms. The number of benzene rings is 6. The van der Waals surface area contributed by atoms with Gasteiger partial charge in [0.05, 0.1) is 11.0 Å². The summed E-state index contributed by atoms with van der Waals surface area (Å²) in [5.41, 5.74) is 8.51. The summed E-state index contributed by atoms with van der Waals surface area (Å²) >= 11 is 0. The van der Waals surface area contributed by atoms with Crippen molar-refractivity contribution < 1.29 is 0 Å². The van der Waals surface area contributed by atoms with Gasteiger partial charge < -0.3 is 4.57 Å². The van der Waals surface area contributed by atoms with Crippen LogP contribution < -0.4 is 0 Å². The van der Waals surface area contributed by atoms with Crippen molar-refractivity contribution in [2.45, 2.75) is 0 Å². The van der Waals surface area contributed by atoms with Gasteiger partial charge in [-0.25, -0.2) is 15.0 Å². The van der Waals surface area contributed by atoms with Gasteiger partial charge in [-0.05, 0) is 35.4 Å². The van der Waals surface area contributed by atoms with Gasteiger partial charge in [-0.15, -0.1) is 0 Å². The minimum atomic E-state index is 0.638. The molecule has 2 aromatic heterocycles. The van der Waals surface area contributed by atoms with Crippen LogP contribution in [0, 0.1) is 0 Å². The zero-order valence-electron chi connectivity index (χ0n) is 23.3. The third-order valence-corrected chi connectivity index (χ3v) is 7.85. The molecule has 0 fully saturated rings. The fourth-order valence-corrected chi connectivity index (χ4v) is 5.93. The van der Waals surface area contributed by atoms with E-state index < -0.39 is 0 Å². The smallest absolute Gasteiger partial charge is 0.166 e. The van der Waals surface area contributed by atoms with Crippen LogP contribution in [-0.4, -0.2) is 19.5 Å². The quantitative estimate of drug-likeness (QED) is 0.214. The molecule has 0 radical (unpaired) electrons. The van der Waals surface area contributed by atoms with E-state index in [1.165, 1.54) is 16.5 Å². The van der Waals surface area contributed by atoms with Crippen LogP contribution in [0.15, 0.2) is 158 Å². The number of para-hydroxylation sites is 2. The van der Waals surface area contributed by atoms with Crippen LogP contribution in [0.3, 0.4) is 0 Å². The van der Waals surface area contributed by atoms with Gasteiger partial charge in [-0.3, -0.25) is 0 Å². The first-order valence-electron chi connectivity index (χ1n) is 14.4. The molecule has 4 heteroatoms. The molecular weight excluding hydrogens is 524 g/mol. The number of hydrogen-bond acceptors (Lipinski definition) is 3. The molecule has 6 aromatic carbocycles. The fourth-order valence-electron chi connectivity index (χ4n) is 5.93. The lowest BCUT2D eigenvalue weighted by Gasteiger charge is -2.12. The first-order chi connectivity index (χ1) is 21.3. The number of hydrogen-bond donors (Lipinski definition) is 0. The second kappa shape index (κ2) is 10.5. The second-order valence-corrected chi connectivity index (χ2v) is 10.5. The van der Waals surface area contributed by atoms with Gasteiger partial charge in [0.2, 0.25) is 0 Å². The van der Waals surface area contributed by atoms with E-state index in [2.05, 4.69) is 102 Å². The van der Waals surface area contributed by atoms with E-state index in [9.17, 15) is 0 Å². The molecule has 0 spiro atoms. The van der Waals surface area contributed by atoms with E-state index in [1.54, 1.807) is 0 Å². The van der Waals surface area contributed by atoms with Crippen molar-refractivity contribution in [3.63, 3.8) is 0 Å². The Morgan fingerprint density at radius 1 is 0.372 bits per heavy atom. The van der Waals surface area contributed by atoms with Crippen molar-refractivity contribution in [1.82, 2.24) is 19.5 Å². The first kappa shape index (κ1) is 24.9. The van der Waals surface area contributed by atoms with E-state index in [1.807, 2.05) is 60.7 Å². The Bertz CT molecular complexity index is 2150. The van der Waals surface area contributed by atoms with Crippen molar-refractivity contribution in [3.05, 3.63) is 158 Å². The van der Waals surface area contributed by atoms with Gasteiger partial charge in [-0.1, -0.05) is 133 Å². The highest BCUT2D eigenvalue weighted by atomic mass is 15.0. The van der Waals surface area contributed by atoms with Crippen LogP contribution in [0.5, 0.6) is 0 Å².